The molecule has 1 N–H and O–H groups in total. The number of nitrogens with zero attached hydrogens (tertiary/aromatic N) is 1. The first-order chi connectivity index (χ1) is 14.9. The Balaban J connectivity index is 1.21. The number of ether oxygens (including phenoxy) is 1. The lowest BCUT2D eigenvalue weighted by Gasteiger charge is -2.29. The number of halogens is 3. The van der Waals surface area contributed by atoms with Gasteiger partial charge in [0.15, 0.2) is 0 Å². The zero-order valence-electron chi connectivity index (χ0n) is 16.9. The normalized spacial score (nSPS) is 14.4. The van der Waals surface area contributed by atoms with E-state index in [1.54, 1.807) is 17.4 Å². The van der Waals surface area contributed by atoms with Crippen LogP contribution < -0.4 is 10.1 Å². The van der Waals surface area contributed by atoms with E-state index < -0.39 is 6.36 Å². The van der Waals surface area contributed by atoms with E-state index in [-0.39, 0.29) is 11.7 Å². The second-order valence-corrected chi connectivity index (χ2v) is 8.74. The van der Waals surface area contributed by atoms with Crippen molar-refractivity contribution in [1.29, 1.82) is 0 Å². The number of rotatable bonds is 7. The Morgan fingerprint density at radius 3 is 2.74 bits per heavy atom. The number of carbonyl (C=O) groups is 1. The van der Waals surface area contributed by atoms with E-state index in [0.29, 0.717) is 13.0 Å². The lowest BCUT2D eigenvalue weighted by Crippen LogP contribution is -2.31. The summed E-state index contributed by atoms with van der Waals surface area (Å²) in [4.78, 5) is 14.4. The molecule has 1 amide bonds. The quantitative estimate of drug-likeness (QED) is 0.453. The van der Waals surface area contributed by atoms with Gasteiger partial charge in [-0.1, -0.05) is 24.3 Å². The van der Waals surface area contributed by atoms with Crippen LogP contribution in [0.15, 0.2) is 48.5 Å². The van der Waals surface area contributed by atoms with Crippen molar-refractivity contribution < 1.29 is 22.7 Å². The predicted molar refractivity (Wildman–Crippen MR) is 116 cm³/mol. The molecule has 4 nitrogen and oxygen atoms in total. The molecule has 0 aliphatic carbocycles. The number of amides is 1. The van der Waals surface area contributed by atoms with Crippen LogP contribution in [0.3, 0.4) is 0 Å². The molecule has 2 aromatic carbocycles. The van der Waals surface area contributed by atoms with Crippen molar-refractivity contribution in [3.8, 4) is 5.75 Å². The number of hydrogen-bond acceptors (Lipinski definition) is 4. The predicted octanol–water partition coefficient (Wildman–Crippen LogP) is 5.97. The van der Waals surface area contributed by atoms with Gasteiger partial charge in [-0.2, -0.15) is 0 Å². The maximum Gasteiger partial charge on any atom is 0.573 e. The lowest BCUT2D eigenvalue weighted by atomic mass is 9.99. The Bertz CT molecular complexity index is 1030. The van der Waals surface area contributed by atoms with Gasteiger partial charge in [0.1, 0.15) is 5.75 Å². The van der Waals surface area contributed by atoms with Gasteiger partial charge in [0.2, 0.25) is 5.91 Å². The Labute approximate surface area is 182 Å². The minimum absolute atomic E-state index is 0.00415. The van der Waals surface area contributed by atoms with E-state index in [2.05, 4.69) is 15.0 Å². The number of hydrogen-bond donors (Lipinski definition) is 1. The van der Waals surface area contributed by atoms with Crippen LogP contribution in [-0.2, 0) is 17.8 Å². The molecule has 8 heteroatoms. The van der Waals surface area contributed by atoms with Gasteiger partial charge in [-0.25, -0.2) is 0 Å². The summed E-state index contributed by atoms with van der Waals surface area (Å²) in [6.07, 6.45) is -1.82. The topological polar surface area (TPSA) is 41.6 Å². The van der Waals surface area contributed by atoms with Crippen molar-refractivity contribution in [2.75, 3.05) is 18.4 Å². The van der Waals surface area contributed by atoms with Crippen LogP contribution in [-0.4, -0.2) is 30.3 Å². The van der Waals surface area contributed by atoms with Crippen LogP contribution in [0.25, 0.3) is 10.1 Å². The van der Waals surface area contributed by atoms with Gasteiger partial charge >= 0.3 is 6.36 Å². The van der Waals surface area contributed by atoms with E-state index in [0.717, 1.165) is 58.6 Å². The van der Waals surface area contributed by atoms with Crippen LogP contribution in [0.5, 0.6) is 5.75 Å². The molecule has 0 fully saturated rings. The van der Waals surface area contributed by atoms with Crippen LogP contribution in [0, 0.1) is 0 Å². The molecule has 3 aromatic rings. The monoisotopic (exact) mass is 448 g/mol. The van der Waals surface area contributed by atoms with Gasteiger partial charge in [-0.05, 0) is 66.6 Å². The average Bonchev–Trinajstić information content (AvgIpc) is 3.12. The first kappa shape index (κ1) is 21.6. The van der Waals surface area contributed by atoms with Crippen LogP contribution in [0.1, 0.15) is 30.4 Å². The van der Waals surface area contributed by atoms with E-state index in [1.807, 2.05) is 30.3 Å². The number of unbranched alkanes of at least 4 members (excludes halogenated alkanes) is 1. The Hall–Kier alpha value is -2.58. The van der Waals surface area contributed by atoms with Gasteiger partial charge in [0.05, 0.1) is 5.00 Å². The van der Waals surface area contributed by atoms with Crippen molar-refractivity contribution in [2.24, 2.45) is 0 Å². The fourth-order valence-corrected chi connectivity index (χ4v) is 4.82. The second-order valence-electron chi connectivity index (χ2n) is 7.66. The maximum atomic E-state index is 12.4. The highest BCUT2D eigenvalue weighted by Crippen LogP contribution is 2.30. The average molecular weight is 449 g/mol. The van der Waals surface area contributed by atoms with Crippen molar-refractivity contribution in [3.05, 3.63) is 59.7 Å². The summed E-state index contributed by atoms with van der Waals surface area (Å²) in [5.74, 6) is -0.171. The van der Waals surface area contributed by atoms with Crippen molar-refractivity contribution in [3.63, 3.8) is 0 Å². The fourth-order valence-electron chi connectivity index (χ4n) is 3.84. The molecular weight excluding hydrogens is 425 g/mol. The van der Waals surface area contributed by atoms with Gasteiger partial charge in [-0.3, -0.25) is 9.69 Å². The Morgan fingerprint density at radius 2 is 1.94 bits per heavy atom. The third kappa shape index (κ3) is 5.98. The molecule has 0 spiro atoms. The molecule has 0 atom stereocenters. The van der Waals surface area contributed by atoms with Gasteiger partial charge < -0.3 is 10.1 Å². The third-order valence-corrected chi connectivity index (χ3v) is 6.35. The van der Waals surface area contributed by atoms with Crippen LogP contribution >= 0.6 is 11.3 Å². The number of anilines is 1. The largest absolute Gasteiger partial charge is 0.573 e. The Kier molecular flexibility index (Phi) is 6.48. The zero-order chi connectivity index (χ0) is 21.8. The minimum atomic E-state index is -4.68. The molecule has 31 heavy (non-hydrogen) atoms. The van der Waals surface area contributed by atoms with Crippen molar-refractivity contribution in [2.45, 2.75) is 38.6 Å². The van der Waals surface area contributed by atoms with Gasteiger partial charge in [0, 0.05) is 24.2 Å². The highest BCUT2D eigenvalue weighted by Gasteiger charge is 2.31. The van der Waals surface area contributed by atoms with E-state index in [1.165, 1.54) is 12.1 Å². The molecular formula is C23H23F3N2O2S. The SMILES string of the molecule is O=C(CCCCN1CCc2ccc(OC(F)(F)F)cc2C1)Nc1cc2ccccc2s1. The standard InChI is InChI=1S/C23H23F3N2O2S/c24-23(25,26)30-19-9-8-16-10-12-28(15-18(16)13-19)11-4-3-7-21(29)27-22-14-17-5-1-2-6-20(17)31-22/h1-2,5-6,8-9,13-14H,3-4,7,10-12,15H2,(H,27,29). The highest BCUT2D eigenvalue weighted by molar-refractivity contribution is 7.22. The first-order valence-electron chi connectivity index (χ1n) is 10.2. The second kappa shape index (κ2) is 9.28. The van der Waals surface area contributed by atoms with Gasteiger partial charge in [0.25, 0.3) is 0 Å². The summed E-state index contributed by atoms with van der Waals surface area (Å²) in [5.41, 5.74) is 1.93. The number of nitrogens with one attached hydrogen (secondary N) is 1. The summed E-state index contributed by atoms with van der Waals surface area (Å²) in [6.45, 7) is 2.26. The number of thiophene rings is 1. The van der Waals surface area contributed by atoms with E-state index >= 15 is 0 Å². The smallest absolute Gasteiger partial charge is 0.406 e. The van der Waals surface area contributed by atoms with Crippen molar-refractivity contribution in [1.82, 2.24) is 4.90 Å². The molecule has 0 radical (unpaired) electrons. The number of fused-ring (bicyclic) bond motifs is 2. The molecule has 1 aliphatic heterocycles. The number of alkyl halides is 3. The first-order valence-corrected chi connectivity index (χ1v) is 11.1. The van der Waals surface area contributed by atoms with Crippen LogP contribution in [0.2, 0.25) is 0 Å². The fraction of sp³-hybridized carbons (Fsp3) is 0.348. The van der Waals surface area contributed by atoms with Crippen molar-refractivity contribution >= 4 is 32.3 Å². The molecule has 164 valence electrons. The molecule has 0 unspecified atom stereocenters. The molecule has 0 bridgehead atoms. The number of carbonyl (C=O) groups excluding carboxylic acids is 1. The number of benzene rings is 2. The molecule has 4 rings (SSSR count). The third-order valence-electron chi connectivity index (χ3n) is 5.32. The molecule has 2 heterocycles. The minimum Gasteiger partial charge on any atom is -0.406 e. The maximum absolute atomic E-state index is 12.4. The molecule has 0 saturated carbocycles. The molecule has 0 saturated heterocycles. The van der Waals surface area contributed by atoms with Crippen LogP contribution in [0.4, 0.5) is 18.2 Å². The summed E-state index contributed by atoms with van der Waals surface area (Å²) in [5, 5.41) is 4.95. The lowest BCUT2D eigenvalue weighted by molar-refractivity contribution is -0.274. The van der Waals surface area contributed by atoms with Gasteiger partial charge in [-0.15, -0.1) is 24.5 Å². The summed E-state index contributed by atoms with van der Waals surface area (Å²) >= 11 is 1.56. The zero-order valence-corrected chi connectivity index (χ0v) is 17.7. The Morgan fingerprint density at radius 1 is 1.10 bits per heavy atom. The van der Waals surface area contributed by atoms with E-state index in [4.69, 9.17) is 0 Å². The molecule has 1 aliphatic rings. The summed E-state index contributed by atoms with van der Waals surface area (Å²) < 4.78 is 42.5. The van der Waals surface area contributed by atoms with E-state index in [9.17, 15) is 18.0 Å². The molecule has 1 aromatic heterocycles. The highest BCUT2D eigenvalue weighted by atomic mass is 32.1. The summed E-state index contributed by atoms with van der Waals surface area (Å²) in [7, 11) is 0. The summed E-state index contributed by atoms with van der Waals surface area (Å²) in [6, 6.07) is 14.6.